The highest BCUT2D eigenvalue weighted by atomic mass is 16.6. The molecule has 168 valence electrons. The fourth-order valence-electron chi connectivity index (χ4n) is 1.77. The van der Waals surface area contributed by atoms with E-state index in [1.54, 1.807) is 0 Å². The van der Waals surface area contributed by atoms with Crippen LogP contribution >= 0.6 is 0 Å². The topological polar surface area (TPSA) is 121 Å². The second-order valence-electron chi connectivity index (χ2n) is 6.58. The number of carbonyl (C=O) groups is 2. The van der Waals surface area contributed by atoms with Gasteiger partial charge in [0.15, 0.2) is 0 Å². The molecule has 0 saturated carbocycles. The molecule has 0 radical (unpaired) electrons. The van der Waals surface area contributed by atoms with Gasteiger partial charge in [0.1, 0.15) is 25.4 Å². The molecule has 0 fully saturated rings. The van der Waals surface area contributed by atoms with Crippen LogP contribution < -0.4 is 0 Å². The fraction of sp³-hybridized carbons (Fsp3) is 0.700. The number of aliphatic hydroxyl groups is 2. The molecule has 9 nitrogen and oxygen atoms in total. The number of hydrogen-bond donors (Lipinski definition) is 2. The molecule has 0 amide bonds. The van der Waals surface area contributed by atoms with Gasteiger partial charge in [-0.3, -0.25) is 0 Å². The lowest BCUT2D eigenvalue weighted by molar-refractivity contribution is -0.144. The first kappa shape index (κ1) is 27.2. The summed E-state index contributed by atoms with van der Waals surface area (Å²) in [7, 11) is 0. The van der Waals surface area contributed by atoms with E-state index < -0.39 is 24.1 Å². The quantitative estimate of drug-likeness (QED) is 0.200. The molecule has 3 atom stereocenters. The number of ether oxygens (including phenoxy) is 5. The molecule has 29 heavy (non-hydrogen) atoms. The van der Waals surface area contributed by atoms with Gasteiger partial charge < -0.3 is 33.9 Å². The minimum atomic E-state index is -0.934. The summed E-state index contributed by atoms with van der Waals surface area (Å²) in [5.74, 6) is -1.12. The molecule has 0 saturated heterocycles. The van der Waals surface area contributed by atoms with Gasteiger partial charge in [-0.25, -0.2) is 9.59 Å². The summed E-state index contributed by atoms with van der Waals surface area (Å²) in [6.07, 6.45) is -1.42. The van der Waals surface area contributed by atoms with Gasteiger partial charge in [0, 0.05) is 11.1 Å². The van der Waals surface area contributed by atoms with Crippen molar-refractivity contribution in [3.8, 4) is 0 Å². The molecule has 0 rings (SSSR count). The zero-order valence-electron chi connectivity index (χ0n) is 17.6. The first-order valence-electron chi connectivity index (χ1n) is 9.45. The molecular weight excluding hydrogens is 384 g/mol. The molecule has 0 aromatic heterocycles. The van der Waals surface area contributed by atoms with Crippen LogP contribution in [0.15, 0.2) is 24.3 Å². The standard InChI is InChI=1S/C20H34O9/c1-6-18(27-10-17(22)12-29-20(24)15(4)5)13-26-8-7-25-9-16(21)11-28-19(23)14(2)3/h16-18,21-22H,2,4,6-13H2,1,3,5H3. The molecule has 0 bridgehead atoms. The van der Waals surface area contributed by atoms with E-state index in [1.165, 1.54) is 13.8 Å². The summed E-state index contributed by atoms with van der Waals surface area (Å²) in [6.45, 7) is 12.4. The van der Waals surface area contributed by atoms with Crippen molar-refractivity contribution >= 4 is 11.9 Å². The average molecular weight is 418 g/mol. The van der Waals surface area contributed by atoms with Crippen LogP contribution in [0.4, 0.5) is 0 Å². The van der Waals surface area contributed by atoms with E-state index in [1.807, 2.05) is 6.92 Å². The van der Waals surface area contributed by atoms with Gasteiger partial charge in [-0.1, -0.05) is 20.1 Å². The highest BCUT2D eigenvalue weighted by Gasteiger charge is 2.14. The van der Waals surface area contributed by atoms with Crippen molar-refractivity contribution in [3.05, 3.63) is 24.3 Å². The van der Waals surface area contributed by atoms with E-state index >= 15 is 0 Å². The zero-order valence-corrected chi connectivity index (χ0v) is 17.6. The molecule has 0 aliphatic heterocycles. The van der Waals surface area contributed by atoms with Crippen LogP contribution in [-0.4, -0.2) is 86.7 Å². The Morgan fingerprint density at radius 3 is 1.69 bits per heavy atom. The van der Waals surface area contributed by atoms with Crippen LogP contribution in [-0.2, 0) is 33.3 Å². The predicted octanol–water partition coefficient (Wildman–Crippen LogP) is 0.775. The molecular formula is C20H34O9. The van der Waals surface area contributed by atoms with Gasteiger partial charge in [-0.2, -0.15) is 0 Å². The second-order valence-corrected chi connectivity index (χ2v) is 6.58. The third kappa shape index (κ3) is 14.8. The molecule has 0 aromatic carbocycles. The SMILES string of the molecule is C=C(C)C(=O)OCC(O)COCCOCC(CC)OCC(O)COC(=O)C(=C)C. The largest absolute Gasteiger partial charge is 0.460 e. The van der Waals surface area contributed by atoms with Crippen molar-refractivity contribution in [1.82, 2.24) is 0 Å². The van der Waals surface area contributed by atoms with Gasteiger partial charge in [0.25, 0.3) is 0 Å². The summed E-state index contributed by atoms with van der Waals surface area (Å²) in [4.78, 5) is 22.5. The minimum Gasteiger partial charge on any atom is -0.460 e. The Balaban J connectivity index is 3.77. The van der Waals surface area contributed by atoms with Crippen molar-refractivity contribution in [3.63, 3.8) is 0 Å². The Morgan fingerprint density at radius 2 is 1.24 bits per heavy atom. The monoisotopic (exact) mass is 418 g/mol. The van der Waals surface area contributed by atoms with E-state index in [4.69, 9.17) is 23.7 Å². The second kappa shape index (κ2) is 16.1. The van der Waals surface area contributed by atoms with E-state index in [9.17, 15) is 19.8 Å². The number of hydrogen-bond acceptors (Lipinski definition) is 9. The van der Waals surface area contributed by atoms with Crippen molar-refractivity contribution < 1.29 is 43.5 Å². The molecule has 0 aliphatic carbocycles. The van der Waals surface area contributed by atoms with Gasteiger partial charge in [-0.05, 0) is 20.3 Å². The summed E-state index contributed by atoms with van der Waals surface area (Å²) < 4.78 is 25.9. The molecule has 2 N–H and O–H groups in total. The van der Waals surface area contributed by atoms with Crippen LogP contribution in [0.2, 0.25) is 0 Å². The maximum Gasteiger partial charge on any atom is 0.333 e. The molecule has 9 heteroatoms. The van der Waals surface area contributed by atoms with Crippen LogP contribution in [0, 0.1) is 0 Å². The Morgan fingerprint density at radius 1 is 0.793 bits per heavy atom. The van der Waals surface area contributed by atoms with Crippen molar-refractivity contribution in [1.29, 1.82) is 0 Å². The summed E-state index contributed by atoms with van der Waals surface area (Å²) >= 11 is 0. The normalized spacial score (nSPS) is 14.0. The van der Waals surface area contributed by atoms with Crippen molar-refractivity contribution in [2.24, 2.45) is 0 Å². The third-order valence-corrected chi connectivity index (χ3v) is 3.48. The van der Waals surface area contributed by atoms with E-state index in [0.717, 1.165) is 0 Å². The van der Waals surface area contributed by atoms with Gasteiger partial charge in [-0.15, -0.1) is 0 Å². The van der Waals surface area contributed by atoms with E-state index in [0.29, 0.717) is 13.0 Å². The average Bonchev–Trinajstić information content (AvgIpc) is 2.68. The first-order chi connectivity index (χ1) is 13.7. The summed E-state index contributed by atoms with van der Waals surface area (Å²) in [5.41, 5.74) is 0.528. The van der Waals surface area contributed by atoms with Crippen molar-refractivity contribution in [2.45, 2.75) is 45.5 Å². The number of aliphatic hydroxyl groups excluding tert-OH is 2. The highest BCUT2D eigenvalue weighted by molar-refractivity contribution is 5.87. The smallest absolute Gasteiger partial charge is 0.333 e. The lowest BCUT2D eigenvalue weighted by atomic mass is 10.3. The Labute approximate surface area is 172 Å². The Kier molecular flexibility index (Phi) is 15.1. The summed E-state index contributed by atoms with van der Waals surface area (Å²) in [5, 5.41) is 19.4. The lowest BCUT2D eigenvalue weighted by Crippen LogP contribution is -2.29. The predicted molar refractivity (Wildman–Crippen MR) is 105 cm³/mol. The van der Waals surface area contributed by atoms with Crippen LogP contribution in [0.5, 0.6) is 0 Å². The number of esters is 2. The number of carbonyl (C=O) groups excluding carboxylic acids is 2. The van der Waals surface area contributed by atoms with Gasteiger partial charge in [0.2, 0.25) is 0 Å². The maximum absolute atomic E-state index is 11.3. The molecule has 0 spiro atoms. The van der Waals surface area contributed by atoms with Crippen LogP contribution in [0.1, 0.15) is 27.2 Å². The molecule has 0 aromatic rings. The minimum absolute atomic E-state index is 0.00956. The Bertz CT molecular complexity index is 518. The lowest BCUT2D eigenvalue weighted by Gasteiger charge is -2.19. The fourth-order valence-corrected chi connectivity index (χ4v) is 1.77. The zero-order chi connectivity index (χ0) is 22.2. The van der Waals surface area contributed by atoms with E-state index in [-0.39, 0.29) is 56.9 Å². The van der Waals surface area contributed by atoms with Crippen LogP contribution in [0.25, 0.3) is 0 Å². The van der Waals surface area contributed by atoms with Crippen LogP contribution in [0.3, 0.4) is 0 Å². The highest BCUT2D eigenvalue weighted by Crippen LogP contribution is 2.02. The molecule has 0 heterocycles. The van der Waals surface area contributed by atoms with E-state index in [2.05, 4.69) is 13.2 Å². The molecule has 3 unspecified atom stereocenters. The van der Waals surface area contributed by atoms with Gasteiger partial charge >= 0.3 is 11.9 Å². The first-order valence-corrected chi connectivity index (χ1v) is 9.45. The third-order valence-electron chi connectivity index (χ3n) is 3.48. The van der Waals surface area contributed by atoms with Gasteiger partial charge in [0.05, 0.1) is 39.1 Å². The summed E-state index contributed by atoms with van der Waals surface area (Å²) in [6, 6.07) is 0. The Hall–Kier alpha value is -1.78. The number of rotatable bonds is 17. The van der Waals surface area contributed by atoms with Crippen molar-refractivity contribution in [2.75, 3.05) is 46.2 Å². The molecule has 0 aliphatic rings. The maximum atomic E-state index is 11.3.